The van der Waals surface area contributed by atoms with E-state index in [4.69, 9.17) is 0 Å². The highest BCUT2D eigenvalue weighted by atomic mass is 16.1. The summed E-state index contributed by atoms with van der Waals surface area (Å²) in [6.45, 7) is 6.32. The number of nitrogens with zero attached hydrogens (tertiary/aromatic N) is 3. The summed E-state index contributed by atoms with van der Waals surface area (Å²) in [5.74, 6) is 0.531. The second kappa shape index (κ2) is 8.61. The van der Waals surface area contributed by atoms with Gasteiger partial charge >= 0.3 is 0 Å². The van der Waals surface area contributed by atoms with Crippen molar-refractivity contribution in [2.24, 2.45) is 0 Å². The van der Waals surface area contributed by atoms with Gasteiger partial charge in [-0.3, -0.25) is 9.59 Å². The minimum atomic E-state index is -0.269. The largest absolute Gasteiger partial charge is 0.342 e. The highest BCUT2D eigenvalue weighted by Crippen LogP contribution is 2.25. The lowest BCUT2D eigenvalue weighted by atomic mass is 9.96. The maximum absolute atomic E-state index is 12.8. The summed E-state index contributed by atoms with van der Waals surface area (Å²) >= 11 is 0. The van der Waals surface area contributed by atoms with Crippen molar-refractivity contribution in [3.63, 3.8) is 0 Å². The SMILES string of the molecule is CCCn1cnnc1[C@@H](C)NC(=O)c1cccc(-c2ccccc2C(C)=O)c1. The maximum Gasteiger partial charge on any atom is 0.251 e. The molecule has 28 heavy (non-hydrogen) atoms. The first-order chi connectivity index (χ1) is 13.5. The van der Waals surface area contributed by atoms with Crippen LogP contribution in [-0.4, -0.2) is 26.5 Å². The number of rotatable bonds is 7. The molecule has 1 N–H and O–H groups in total. The Kier molecular flexibility index (Phi) is 5.99. The van der Waals surface area contributed by atoms with E-state index in [0.29, 0.717) is 11.1 Å². The molecule has 0 aliphatic heterocycles. The van der Waals surface area contributed by atoms with Gasteiger partial charge in [0.05, 0.1) is 6.04 Å². The van der Waals surface area contributed by atoms with Gasteiger partial charge in [0.25, 0.3) is 5.91 Å². The lowest BCUT2D eigenvalue weighted by Crippen LogP contribution is -2.28. The summed E-state index contributed by atoms with van der Waals surface area (Å²) in [5, 5.41) is 11.1. The fraction of sp³-hybridized carbons (Fsp3) is 0.273. The molecule has 0 fully saturated rings. The topological polar surface area (TPSA) is 76.9 Å². The van der Waals surface area contributed by atoms with Gasteiger partial charge in [0.2, 0.25) is 0 Å². The van der Waals surface area contributed by atoms with E-state index in [0.717, 1.165) is 29.9 Å². The summed E-state index contributed by atoms with van der Waals surface area (Å²) in [6, 6.07) is 14.4. The van der Waals surface area contributed by atoms with Gasteiger partial charge in [-0.2, -0.15) is 0 Å². The molecular formula is C22H24N4O2. The first-order valence-electron chi connectivity index (χ1n) is 9.40. The summed E-state index contributed by atoms with van der Waals surface area (Å²) < 4.78 is 1.95. The minimum absolute atomic E-state index is 0.00524. The zero-order valence-corrected chi connectivity index (χ0v) is 16.3. The normalized spacial score (nSPS) is 11.8. The van der Waals surface area contributed by atoms with Crippen molar-refractivity contribution in [3.05, 3.63) is 71.8 Å². The third kappa shape index (κ3) is 4.17. The van der Waals surface area contributed by atoms with Crippen LogP contribution in [0.1, 0.15) is 59.8 Å². The monoisotopic (exact) mass is 376 g/mol. The number of Topliss-reactive ketones (excluding diaryl/α,β-unsaturated/α-hetero) is 1. The van der Waals surface area contributed by atoms with Gasteiger partial charge in [0.15, 0.2) is 11.6 Å². The van der Waals surface area contributed by atoms with Crippen LogP contribution in [0.2, 0.25) is 0 Å². The number of carbonyl (C=O) groups excluding carboxylic acids is 2. The van der Waals surface area contributed by atoms with Crippen molar-refractivity contribution in [2.45, 2.75) is 39.8 Å². The van der Waals surface area contributed by atoms with Crippen molar-refractivity contribution < 1.29 is 9.59 Å². The number of hydrogen-bond acceptors (Lipinski definition) is 4. The third-order valence-electron chi connectivity index (χ3n) is 4.59. The van der Waals surface area contributed by atoms with E-state index in [-0.39, 0.29) is 17.7 Å². The predicted molar refractivity (Wildman–Crippen MR) is 108 cm³/mol. The number of benzene rings is 2. The zero-order chi connectivity index (χ0) is 20.1. The standard InChI is InChI=1S/C22H24N4O2/c1-4-12-26-14-23-25-21(26)15(2)24-22(28)18-9-7-8-17(13-18)20-11-6-5-10-19(20)16(3)27/h5-11,13-15H,4,12H2,1-3H3,(H,24,28)/t15-/m1/s1. The molecule has 0 radical (unpaired) electrons. The van der Waals surface area contributed by atoms with Gasteiger partial charge in [-0.1, -0.05) is 43.3 Å². The number of aromatic nitrogens is 3. The fourth-order valence-corrected chi connectivity index (χ4v) is 3.23. The molecule has 1 aromatic heterocycles. The van der Waals surface area contributed by atoms with Gasteiger partial charge in [-0.05, 0) is 43.5 Å². The first-order valence-corrected chi connectivity index (χ1v) is 9.40. The molecule has 2 aromatic carbocycles. The molecule has 6 nitrogen and oxygen atoms in total. The Morgan fingerprint density at radius 2 is 1.93 bits per heavy atom. The molecule has 3 rings (SSSR count). The van der Waals surface area contributed by atoms with Crippen molar-refractivity contribution in [2.75, 3.05) is 0 Å². The van der Waals surface area contributed by atoms with Crippen LogP contribution in [0.15, 0.2) is 54.9 Å². The van der Waals surface area contributed by atoms with Gasteiger partial charge in [0, 0.05) is 17.7 Å². The quantitative estimate of drug-likeness (QED) is 0.631. The van der Waals surface area contributed by atoms with E-state index < -0.39 is 0 Å². The Bertz CT molecular complexity index is 993. The Morgan fingerprint density at radius 3 is 2.68 bits per heavy atom. The van der Waals surface area contributed by atoms with Crippen molar-refractivity contribution >= 4 is 11.7 Å². The second-order valence-electron chi connectivity index (χ2n) is 6.76. The molecule has 1 amide bonds. The average Bonchev–Trinajstić information content (AvgIpc) is 3.17. The molecule has 1 heterocycles. The third-order valence-corrected chi connectivity index (χ3v) is 4.59. The molecule has 1 atom stereocenters. The van der Waals surface area contributed by atoms with Crippen molar-refractivity contribution in [3.8, 4) is 11.1 Å². The molecule has 0 bridgehead atoms. The van der Waals surface area contributed by atoms with Crippen LogP contribution in [0, 0.1) is 0 Å². The average molecular weight is 376 g/mol. The van der Waals surface area contributed by atoms with Crippen LogP contribution >= 0.6 is 0 Å². The second-order valence-corrected chi connectivity index (χ2v) is 6.76. The maximum atomic E-state index is 12.8. The number of carbonyl (C=O) groups is 2. The summed E-state index contributed by atoms with van der Waals surface area (Å²) in [7, 11) is 0. The molecular weight excluding hydrogens is 352 g/mol. The Balaban J connectivity index is 1.83. The van der Waals surface area contributed by atoms with Gasteiger partial charge in [0.1, 0.15) is 6.33 Å². The van der Waals surface area contributed by atoms with Crippen LogP contribution in [0.4, 0.5) is 0 Å². The fourth-order valence-electron chi connectivity index (χ4n) is 3.23. The van der Waals surface area contributed by atoms with E-state index in [1.54, 1.807) is 31.5 Å². The van der Waals surface area contributed by atoms with Crippen LogP contribution in [0.5, 0.6) is 0 Å². The molecule has 144 valence electrons. The van der Waals surface area contributed by atoms with E-state index in [1.807, 2.05) is 41.8 Å². The van der Waals surface area contributed by atoms with E-state index in [1.165, 1.54) is 0 Å². The van der Waals surface area contributed by atoms with Crippen molar-refractivity contribution in [1.29, 1.82) is 0 Å². The van der Waals surface area contributed by atoms with Crippen LogP contribution in [-0.2, 0) is 6.54 Å². The molecule has 0 aliphatic carbocycles. The molecule has 0 saturated carbocycles. The number of hydrogen-bond donors (Lipinski definition) is 1. The smallest absolute Gasteiger partial charge is 0.251 e. The van der Waals surface area contributed by atoms with Gasteiger partial charge in [-0.15, -0.1) is 10.2 Å². The van der Waals surface area contributed by atoms with Crippen LogP contribution in [0.25, 0.3) is 11.1 Å². The zero-order valence-electron chi connectivity index (χ0n) is 16.3. The van der Waals surface area contributed by atoms with E-state index in [9.17, 15) is 9.59 Å². The molecule has 0 spiro atoms. The first kappa shape index (κ1) is 19.5. The highest BCUT2D eigenvalue weighted by Gasteiger charge is 2.17. The summed E-state index contributed by atoms with van der Waals surface area (Å²) in [6.07, 6.45) is 2.64. The summed E-state index contributed by atoms with van der Waals surface area (Å²) in [4.78, 5) is 24.7. The van der Waals surface area contributed by atoms with E-state index >= 15 is 0 Å². The lowest BCUT2D eigenvalue weighted by Gasteiger charge is -2.15. The number of aryl methyl sites for hydroxylation is 1. The van der Waals surface area contributed by atoms with Crippen molar-refractivity contribution in [1.82, 2.24) is 20.1 Å². The highest BCUT2D eigenvalue weighted by molar-refractivity contribution is 6.02. The molecule has 6 heteroatoms. The van der Waals surface area contributed by atoms with Crippen LogP contribution < -0.4 is 5.32 Å². The molecule has 0 unspecified atom stereocenters. The Morgan fingerprint density at radius 1 is 1.14 bits per heavy atom. The Hall–Kier alpha value is -3.28. The number of nitrogens with one attached hydrogen (secondary N) is 1. The minimum Gasteiger partial charge on any atom is -0.342 e. The van der Waals surface area contributed by atoms with Gasteiger partial charge in [-0.25, -0.2) is 0 Å². The molecule has 0 saturated heterocycles. The lowest BCUT2D eigenvalue weighted by molar-refractivity contribution is 0.0937. The summed E-state index contributed by atoms with van der Waals surface area (Å²) in [5.41, 5.74) is 2.82. The van der Waals surface area contributed by atoms with Gasteiger partial charge < -0.3 is 9.88 Å². The van der Waals surface area contributed by atoms with Crippen LogP contribution in [0.3, 0.4) is 0 Å². The predicted octanol–water partition coefficient (Wildman–Crippen LogP) is 4.05. The Labute approximate surface area is 164 Å². The molecule has 3 aromatic rings. The number of amides is 1. The van der Waals surface area contributed by atoms with E-state index in [2.05, 4.69) is 22.4 Å². The molecule has 0 aliphatic rings. The number of ketones is 1.